The van der Waals surface area contributed by atoms with Crippen molar-refractivity contribution in [1.82, 2.24) is 9.80 Å². The van der Waals surface area contributed by atoms with Crippen LogP contribution < -0.4 is 0 Å². The summed E-state index contributed by atoms with van der Waals surface area (Å²) in [6, 6.07) is 12.3. The molecule has 0 unspecified atom stereocenters. The third-order valence-corrected chi connectivity index (χ3v) is 5.25. The highest BCUT2D eigenvalue weighted by Crippen LogP contribution is 2.17. The number of hydrogen-bond donors (Lipinski definition) is 0. The maximum Gasteiger partial charge on any atom is 0.263 e. The minimum atomic E-state index is 0.180. The highest BCUT2D eigenvalue weighted by molar-refractivity contribution is 9.10. The summed E-state index contributed by atoms with van der Waals surface area (Å²) >= 11 is 5.05. The van der Waals surface area contributed by atoms with Gasteiger partial charge in [0.1, 0.15) is 0 Å². The van der Waals surface area contributed by atoms with Gasteiger partial charge in [-0.1, -0.05) is 34.1 Å². The van der Waals surface area contributed by atoms with Crippen LogP contribution in [0.15, 0.2) is 46.3 Å². The van der Waals surface area contributed by atoms with Gasteiger partial charge in [-0.2, -0.15) is 0 Å². The van der Waals surface area contributed by atoms with Crippen LogP contribution in [0.5, 0.6) is 0 Å². The second kappa shape index (κ2) is 7.40. The molecular formula is C17H19BrN2OS. The molecule has 0 spiro atoms. The van der Waals surface area contributed by atoms with E-state index in [0.29, 0.717) is 0 Å². The van der Waals surface area contributed by atoms with Crippen LogP contribution >= 0.6 is 27.3 Å². The SMILES string of the molecule is O=C(c1cccs1)N1CCCN(Cc2cccc(Br)c2)CC1. The van der Waals surface area contributed by atoms with E-state index in [0.717, 1.165) is 48.5 Å². The van der Waals surface area contributed by atoms with E-state index in [2.05, 4.69) is 39.0 Å². The van der Waals surface area contributed by atoms with E-state index >= 15 is 0 Å². The lowest BCUT2D eigenvalue weighted by molar-refractivity contribution is 0.0766. The van der Waals surface area contributed by atoms with Crippen LogP contribution in [-0.4, -0.2) is 41.9 Å². The zero-order chi connectivity index (χ0) is 15.4. The van der Waals surface area contributed by atoms with Gasteiger partial charge < -0.3 is 4.90 Å². The Labute approximate surface area is 143 Å². The lowest BCUT2D eigenvalue weighted by Gasteiger charge is -2.21. The summed E-state index contributed by atoms with van der Waals surface area (Å²) in [6.45, 7) is 4.58. The van der Waals surface area contributed by atoms with Gasteiger partial charge in [0.25, 0.3) is 5.91 Å². The first-order valence-electron chi connectivity index (χ1n) is 7.52. The Hall–Kier alpha value is -1.17. The van der Waals surface area contributed by atoms with E-state index in [1.807, 2.05) is 28.5 Å². The van der Waals surface area contributed by atoms with Gasteiger partial charge in [-0.15, -0.1) is 11.3 Å². The number of amides is 1. The molecule has 0 atom stereocenters. The van der Waals surface area contributed by atoms with Gasteiger partial charge in [-0.3, -0.25) is 9.69 Å². The van der Waals surface area contributed by atoms with Gasteiger partial charge in [0.15, 0.2) is 0 Å². The lowest BCUT2D eigenvalue weighted by Crippen LogP contribution is -2.34. The summed E-state index contributed by atoms with van der Waals surface area (Å²) in [7, 11) is 0. The van der Waals surface area contributed by atoms with Crippen molar-refractivity contribution in [3.63, 3.8) is 0 Å². The first-order chi connectivity index (χ1) is 10.7. The van der Waals surface area contributed by atoms with E-state index in [9.17, 15) is 4.79 Å². The number of rotatable bonds is 3. The van der Waals surface area contributed by atoms with Crippen molar-refractivity contribution in [1.29, 1.82) is 0 Å². The topological polar surface area (TPSA) is 23.6 Å². The van der Waals surface area contributed by atoms with Crippen LogP contribution in [0.25, 0.3) is 0 Å². The Bertz CT molecular complexity index is 629. The summed E-state index contributed by atoms with van der Waals surface area (Å²) in [6.07, 6.45) is 1.03. The van der Waals surface area contributed by atoms with E-state index in [1.54, 1.807) is 0 Å². The van der Waals surface area contributed by atoms with E-state index < -0.39 is 0 Å². The van der Waals surface area contributed by atoms with Crippen molar-refractivity contribution in [3.05, 3.63) is 56.7 Å². The van der Waals surface area contributed by atoms with E-state index in [4.69, 9.17) is 0 Å². The molecule has 1 aromatic heterocycles. The highest BCUT2D eigenvalue weighted by Gasteiger charge is 2.20. The fraction of sp³-hybridized carbons (Fsp3) is 0.353. The minimum absolute atomic E-state index is 0.180. The first kappa shape index (κ1) is 15.7. The fourth-order valence-electron chi connectivity index (χ4n) is 2.78. The summed E-state index contributed by atoms with van der Waals surface area (Å²) in [5, 5.41) is 1.96. The maximum absolute atomic E-state index is 12.4. The number of hydrogen-bond acceptors (Lipinski definition) is 3. The fourth-order valence-corrected chi connectivity index (χ4v) is 3.92. The summed E-state index contributed by atoms with van der Waals surface area (Å²) < 4.78 is 1.12. The van der Waals surface area contributed by atoms with Gasteiger partial charge in [0, 0.05) is 37.2 Å². The number of benzene rings is 1. The van der Waals surface area contributed by atoms with Gasteiger partial charge in [0.2, 0.25) is 0 Å². The molecule has 0 bridgehead atoms. The molecule has 1 aliphatic rings. The molecule has 2 heterocycles. The normalized spacial score (nSPS) is 16.5. The van der Waals surface area contributed by atoms with Crippen LogP contribution in [0.1, 0.15) is 21.7 Å². The van der Waals surface area contributed by atoms with Crippen LogP contribution in [0.2, 0.25) is 0 Å². The van der Waals surface area contributed by atoms with Gasteiger partial charge >= 0.3 is 0 Å². The Morgan fingerprint density at radius 2 is 2.05 bits per heavy atom. The second-order valence-corrected chi connectivity index (χ2v) is 7.39. The number of thiophene rings is 1. The molecule has 1 aliphatic heterocycles. The Kier molecular flexibility index (Phi) is 5.28. The molecular weight excluding hydrogens is 360 g/mol. The smallest absolute Gasteiger partial charge is 0.263 e. The lowest BCUT2D eigenvalue weighted by atomic mass is 10.2. The van der Waals surface area contributed by atoms with Crippen molar-refractivity contribution in [3.8, 4) is 0 Å². The van der Waals surface area contributed by atoms with Crippen molar-refractivity contribution < 1.29 is 4.79 Å². The summed E-state index contributed by atoms with van der Waals surface area (Å²) in [5.74, 6) is 0.180. The summed E-state index contributed by atoms with van der Waals surface area (Å²) in [4.78, 5) is 17.7. The van der Waals surface area contributed by atoms with Crippen molar-refractivity contribution >= 4 is 33.2 Å². The Morgan fingerprint density at radius 1 is 1.14 bits per heavy atom. The molecule has 2 aromatic rings. The molecule has 1 saturated heterocycles. The molecule has 0 aliphatic carbocycles. The average Bonchev–Trinajstić information content (AvgIpc) is 2.94. The van der Waals surface area contributed by atoms with Crippen LogP contribution in [0.4, 0.5) is 0 Å². The molecule has 1 aromatic carbocycles. The zero-order valence-electron chi connectivity index (χ0n) is 12.4. The quantitative estimate of drug-likeness (QED) is 0.809. The van der Waals surface area contributed by atoms with Crippen molar-refractivity contribution in [2.24, 2.45) is 0 Å². The predicted molar refractivity (Wildman–Crippen MR) is 94.3 cm³/mol. The third-order valence-electron chi connectivity index (χ3n) is 3.90. The maximum atomic E-state index is 12.4. The number of carbonyl (C=O) groups is 1. The van der Waals surface area contributed by atoms with Gasteiger partial charge in [-0.05, 0) is 35.6 Å². The van der Waals surface area contributed by atoms with Crippen molar-refractivity contribution in [2.45, 2.75) is 13.0 Å². The monoisotopic (exact) mass is 378 g/mol. The minimum Gasteiger partial charge on any atom is -0.337 e. The number of halogens is 1. The summed E-state index contributed by atoms with van der Waals surface area (Å²) in [5.41, 5.74) is 1.31. The van der Waals surface area contributed by atoms with Crippen LogP contribution in [0.3, 0.4) is 0 Å². The third kappa shape index (κ3) is 3.97. The molecule has 3 nitrogen and oxygen atoms in total. The highest BCUT2D eigenvalue weighted by atomic mass is 79.9. The zero-order valence-corrected chi connectivity index (χ0v) is 14.8. The molecule has 22 heavy (non-hydrogen) atoms. The predicted octanol–water partition coefficient (Wildman–Crippen LogP) is 3.86. The molecule has 0 N–H and O–H groups in total. The molecule has 3 rings (SSSR count). The van der Waals surface area contributed by atoms with Gasteiger partial charge in [0.05, 0.1) is 4.88 Å². The van der Waals surface area contributed by atoms with Crippen LogP contribution in [-0.2, 0) is 6.54 Å². The second-order valence-electron chi connectivity index (χ2n) is 5.53. The largest absolute Gasteiger partial charge is 0.337 e. The molecule has 5 heteroatoms. The average molecular weight is 379 g/mol. The molecule has 1 amide bonds. The van der Waals surface area contributed by atoms with Crippen molar-refractivity contribution in [2.75, 3.05) is 26.2 Å². The Morgan fingerprint density at radius 3 is 2.82 bits per heavy atom. The number of carbonyl (C=O) groups excluding carboxylic acids is 1. The van der Waals surface area contributed by atoms with E-state index in [-0.39, 0.29) is 5.91 Å². The molecule has 116 valence electrons. The van der Waals surface area contributed by atoms with E-state index in [1.165, 1.54) is 16.9 Å². The standard InChI is InChI=1S/C17H19BrN2OS/c18-15-5-1-4-14(12-15)13-19-7-3-8-20(10-9-19)17(21)16-6-2-11-22-16/h1-2,4-6,11-12H,3,7-10,13H2. The molecule has 0 radical (unpaired) electrons. The first-order valence-corrected chi connectivity index (χ1v) is 9.19. The van der Waals surface area contributed by atoms with Crippen LogP contribution in [0, 0.1) is 0 Å². The Balaban J connectivity index is 1.59. The number of nitrogens with zero attached hydrogens (tertiary/aromatic N) is 2. The molecule has 0 saturated carbocycles. The molecule has 1 fully saturated rings. The van der Waals surface area contributed by atoms with Gasteiger partial charge in [-0.25, -0.2) is 0 Å².